The third-order valence-corrected chi connectivity index (χ3v) is 3.68. The van der Waals surface area contributed by atoms with Crippen LogP contribution in [0, 0.1) is 6.92 Å². The van der Waals surface area contributed by atoms with Gasteiger partial charge >= 0.3 is 0 Å². The Hall–Kier alpha value is -2.34. The van der Waals surface area contributed by atoms with Crippen LogP contribution in [0.2, 0.25) is 0 Å². The van der Waals surface area contributed by atoms with Gasteiger partial charge in [-0.3, -0.25) is 4.68 Å². The highest BCUT2D eigenvalue weighted by Gasteiger charge is 2.06. The van der Waals surface area contributed by atoms with Crippen molar-refractivity contribution in [1.82, 2.24) is 25.1 Å². The van der Waals surface area contributed by atoms with Crippen molar-refractivity contribution in [1.29, 1.82) is 0 Å². The van der Waals surface area contributed by atoms with Crippen molar-refractivity contribution in [3.8, 4) is 5.75 Å². The zero-order chi connectivity index (χ0) is 14.8. The zero-order valence-corrected chi connectivity index (χ0v) is 12.5. The minimum atomic E-state index is 0.686. The van der Waals surface area contributed by atoms with Gasteiger partial charge in [0, 0.05) is 30.9 Å². The second-order valence-electron chi connectivity index (χ2n) is 5.05. The van der Waals surface area contributed by atoms with Gasteiger partial charge in [-0.2, -0.15) is 5.10 Å². The van der Waals surface area contributed by atoms with Crippen LogP contribution in [0.5, 0.6) is 5.75 Å². The number of benzene rings is 1. The Kier molecular flexibility index (Phi) is 3.62. The van der Waals surface area contributed by atoms with Gasteiger partial charge in [0.15, 0.2) is 0 Å². The van der Waals surface area contributed by atoms with Crippen LogP contribution < -0.4 is 10.1 Å². The summed E-state index contributed by atoms with van der Waals surface area (Å²) in [7, 11) is 3.61. The molecule has 0 spiro atoms. The zero-order valence-electron chi connectivity index (χ0n) is 12.5. The molecule has 0 unspecified atom stereocenters. The predicted octanol–water partition coefficient (Wildman–Crippen LogP) is 1.90. The molecule has 0 amide bonds. The van der Waals surface area contributed by atoms with Gasteiger partial charge in [0.2, 0.25) is 0 Å². The number of rotatable bonds is 5. The van der Waals surface area contributed by atoms with Crippen LogP contribution in [-0.2, 0) is 20.1 Å². The van der Waals surface area contributed by atoms with Crippen molar-refractivity contribution >= 4 is 11.0 Å². The van der Waals surface area contributed by atoms with Gasteiger partial charge < -0.3 is 15.0 Å². The predicted molar refractivity (Wildman–Crippen MR) is 81.1 cm³/mol. The maximum atomic E-state index is 5.21. The minimum absolute atomic E-state index is 0.686. The first-order valence-corrected chi connectivity index (χ1v) is 6.88. The summed E-state index contributed by atoms with van der Waals surface area (Å²) in [6.07, 6.45) is 1.89. The molecule has 0 fully saturated rings. The van der Waals surface area contributed by atoms with Crippen LogP contribution in [0.15, 0.2) is 24.4 Å². The highest BCUT2D eigenvalue weighted by molar-refractivity contribution is 5.76. The molecule has 2 aromatic heterocycles. The fourth-order valence-corrected chi connectivity index (χ4v) is 2.29. The van der Waals surface area contributed by atoms with E-state index in [4.69, 9.17) is 4.74 Å². The number of aromatic nitrogens is 4. The molecule has 0 atom stereocenters. The van der Waals surface area contributed by atoms with Gasteiger partial charge in [-0.15, -0.1) is 0 Å². The maximum absolute atomic E-state index is 5.21. The molecule has 0 aliphatic carbocycles. The third kappa shape index (κ3) is 2.75. The summed E-state index contributed by atoms with van der Waals surface area (Å²) < 4.78 is 7.09. The van der Waals surface area contributed by atoms with E-state index in [1.54, 1.807) is 7.11 Å². The molecular weight excluding hydrogens is 266 g/mol. The van der Waals surface area contributed by atoms with Crippen molar-refractivity contribution < 1.29 is 4.74 Å². The Morgan fingerprint density at radius 1 is 1.33 bits per heavy atom. The smallest absolute Gasteiger partial charge is 0.121 e. The molecule has 1 aromatic carbocycles. The van der Waals surface area contributed by atoms with E-state index in [-0.39, 0.29) is 0 Å². The van der Waals surface area contributed by atoms with E-state index >= 15 is 0 Å². The number of nitrogens with one attached hydrogen (secondary N) is 2. The fraction of sp³-hybridized carbons (Fsp3) is 0.333. The number of ether oxygens (including phenoxy) is 1. The minimum Gasteiger partial charge on any atom is -0.497 e. The van der Waals surface area contributed by atoms with E-state index in [0.717, 1.165) is 29.2 Å². The monoisotopic (exact) mass is 285 g/mol. The molecule has 6 nitrogen and oxygen atoms in total. The van der Waals surface area contributed by atoms with Crippen molar-refractivity contribution in [2.24, 2.45) is 7.05 Å². The number of methoxy groups -OCH3 is 1. The van der Waals surface area contributed by atoms with Crippen LogP contribution in [0.3, 0.4) is 0 Å². The second-order valence-corrected chi connectivity index (χ2v) is 5.05. The van der Waals surface area contributed by atoms with Gasteiger partial charge in [0.25, 0.3) is 0 Å². The lowest BCUT2D eigenvalue weighted by Gasteiger charge is -2.02. The first-order valence-electron chi connectivity index (χ1n) is 6.88. The molecule has 0 aliphatic rings. The standard InChI is InChI=1S/C15H19N5O/c1-10-11(8-17-20(10)2)7-16-9-15-18-13-5-4-12(21-3)6-14(13)19-15/h4-6,8,16H,7,9H2,1-3H3,(H,18,19). The third-order valence-electron chi connectivity index (χ3n) is 3.68. The van der Waals surface area contributed by atoms with E-state index in [2.05, 4.69) is 27.3 Å². The van der Waals surface area contributed by atoms with Crippen LogP contribution in [-0.4, -0.2) is 26.9 Å². The summed E-state index contributed by atoms with van der Waals surface area (Å²) in [5, 5.41) is 7.62. The van der Waals surface area contributed by atoms with Gasteiger partial charge in [-0.25, -0.2) is 4.98 Å². The molecule has 0 saturated carbocycles. The molecule has 3 rings (SSSR count). The van der Waals surface area contributed by atoms with Crippen LogP contribution in [0.25, 0.3) is 11.0 Å². The van der Waals surface area contributed by atoms with Crippen LogP contribution in [0.4, 0.5) is 0 Å². The van der Waals surface area contributed by atoms with E-state index in [1.807, 2.05) is 36.1 Å². The number of aromatic amines is 1. The summed E-state index contributed by atoms with van der Waals surface area (Å²) in [6.45, 7) is 3.53. The summed E-state index contributed by atoms with van der Waals surface area (Å²) in [5.74, 6) is 1.75. The molecule has 0 radical (unpaired) electrons. The molecule has 6 heteroatoms. The molecule has 110 valence electrons. The highest BCUT2D eigenvalue weighted by Crippen LogP contribution is 2.18. The summed E-state index contributed by atoms with van der Waals surface area (Å²) >= 11 is 0. The summed E-state index contributed by atoms with van der Waals surface area (Å²) in [4.78, 5) is 7.85. The Morgan fingerprint density at radius 2 is 2.19 bits per heavy atom. The number of aryl methyl sites for hydroxylation is 1. The molecule has 0 aliphatic heterocycles. The Morgan fingerprint density at radius 3 is 2.90 bits per heavy atom. The second kappa shape index (κ2) is 5.57. The SMILES string of the molecule is COc1ccc2nc(CNCc3cnn(C)c3C)[nH]c2c1. The van der Waals surface area contributed by atoms with Gasteiger partial charge in [-0.05, 0) is 19.1 Å². The van der Waals surface area contributed by atoms with Crippen molar-refractivity contribution in [3.63, 3.8) is 0 Å². The lowest BCUT2D eigenvalue weighted by molar-refractivity contribution is 0.415. The summed E-state index contributed by atoms with van der Waals surface area (Å²) in [6, 6.07) is 5.83. The van der Waals surface area contributed by atoms with Crippen LogP contribution >= 0.6 is 0 Å². The molecule has 21 heavy (non-hydrogen) atoms. The number of fused-ring (bicyclic) bond motifs is 1. The first kappa shape index (κ1) is 13.6. The average Bonchev–Trinajstić information content (AvgIpc) is 3.04. The lowest BCUT2D eigenvalue weighted by Crippen LogP contribution is -2.14. The topological polar surface area (TPSA) is 67.8 Å². The number of imidazole rings is 1. The molecular formula is C15H19N5O. The quantitative estimate of drug-likeness (QED) is 0.751. The number of hydrogen-bond donors (Lipinski definition) is 2. The Bertz CT molecular complexity index is 759. The normalized spacial score (nSPS) is 11.2. The largest absolute Gasteiger partial charge is 0.497 e. The number of nitrogens with zero attached hydrogens (tertiary/aromatic N) is 3. The number of hydrogen-bond acceptors (Lipinski definition) is 4. The van der Waals surface area contributed by atoms with Crippen molar-refractivity contribution in [2.45, 2.75) is 20.0 Å². The van der Waals surface area contributed by atoms with Crippen LogP contribution in [0.1, 0.15) is 17.1 Å². The van der Waals surface area contributed by atoms with E-state index in [1.165, 1.54) is 11.3 Å². The average molecular weight is 285 g/mol. The van der Waals surface area contributed by atoms with Gasteiger partial charge in [0.1, 0.15) is 11.6 Å². The summed E-state index contributed by atoms with van der Waals surface area (Å²) in [5.41, 5.74) is 4.32. The molecule has 2 N–H and O–H groups in total. The van der Waals surface area contributed by atoms with E-state index in [0.29, 0.717) is 6.54 Å². The van der Waals surface area contributed by atoms with Crippen molar-refractivity contribution in [2.75, 3.05) is 7.11 Å². The molecule has 3 aromatic rings. The molecule has 2 heterocycles. The van der Waals surface area contributed by atoms with Crippen molar-refractivity contribution in [3.05, 3.63) is 41.5 Å². The molecule has 0 bridgehead atoms. The highest BCUT2D eigenvalue weighted by atomic mass is 16.5. The number of H-pyrrole nitrogens is 1. The molecule has 0 saturated heterocycles. The maximum Gasteiger partial charge on any atom is 0.121 e. The first-order chi connectivity index (χ1) is 10.2. The van der Waals surface area contributed by atoms with E-state index < -0.39 is 0 Å². The van der Waals surface area contributed by atoms with Gasteiger partial charge in [0.05, 0.1) is 30.9 Å². The Labute approximate surface area is 123 Å². The van der Waals surface area contributed by atoms with E-state index in [9.17, 15) is 0 Å². The lowest BCUT2D eigenvalue weighted by atomic mass is 10.2. The fourth-order valence-electron chi connectivity index (χ4n) is 2.29. The van der Waals surface area contributed by atoms with Gasteiger partial charge in [-0.1, -0.05) is 0 Å². The Balaban J connectivity index is 1.66.